The van der Waals surface area contributed by atoms with Crippen LogP contribution < -0.4 is 4.74 Å². The van der Waals surface area contributed by atoms with Crippen LogP contribution in [0.4, 0.5) is 0 Å². The third-order valence-electron chi connectivity index (χ3n) is 5.65. The molecule has 0 bridgehead atoms. The van der Waals surface area contributed by atoms with Crippen LogP contribution in [0, 0.1) is 5.92 Å². The number of fused-ring (bicyclic) bond motifs is 1. The minimum Gasteiger partial charge on any atom is -0.497 e. The third kappa shape index (κ3) is 6.63. The van der Waals surface area contributed by atoms with Crippen molar-refractivity contribution in [1.82, 2.24) is 14.5 Å². The van der Waals surface area contributed by atoms with E-state index in [0.717, 1.165) is 49.3 Å². The number of hydrogen-bond acceptors (Lipinski definition) is 6. The molecule has 2 heterocycles. The van der Waals surface area contributed by atoms with Gasteiger partial charge in [0.15, 0.2) is 5.78 Å². The summed E-state index contributed by atoms with van der Waals surface area (Å²) < 4.78 is 7.41. The summed E-state index contributed by atoms with van der Waals surface area (Å²) in [4.78, 5) is 37.5. The summed E-state index contributed by atoms with van der Waals surface area (Å²) in [6.45, 7) is 3.44. The summed E-state index contributed by atoms with van der Waals surface area (Å²) in [7, 11) is 1.63. The van der Waals surface area contributed by atoms with Crippen LogP contribution in [0.3, 0.4) is 0 Å². The zero-order chi connectivity index (χ0) is 23.8. The molecule has 9 heteroatoms. The van der Waals surface area contributed by atoms with E-state index in [1.165, 1.54) is 5.52 Å². The number of benzene rings is 2. The predicted octanol–water partition coefficient (Wildman–Crippen LogP) is 2.80. The molecular formula is C24H27N3O6. The number of hydrogen-bond donors (Lipinski definition) is 2. The van der Waals surface area contributed by atoms with Gasteiger partial charge in [-0.25, -0.2) is 14.6 Å². The topological polar surface area (TPSA) is 122 Å². The highest BCUT2D eigenvalue weighted by Crippen LogP contribution is 2.22. The first-order valence-electron chi connectivity index (χ1n) is 10.6. The SMILES string of the molecule is COc1ccc(C(=O)CN2CCC(Cn3cnc4ccccc43)CC2)cc1.O=C(O)C(=O)O. The van der Waals surface area contributed by atoms with Gasteiger partial charge in [-0.1, -0.05) is 12.1 Å². The molecule has 1 aliphatic heterocycles. The summed E-state index contributed by atoms with van der Waals surface area (Å²) in [6.07, 6.45) is 4.18. The molecule has 0 aliphatic carbocycles. The molecule has 174 valence electrons. The fourth-order valence-corrected chi connectivity index (χ4v) is 3.83. The number of aliphatic carboxylic acids is 2. The second-order valence-electron chi connectivity index (χ2n) is 7.87. The van der Waals surface area contributed by atoms with E-state index in [9.17, 15) is 4.79 Å². The highest BCUT2D eigenvalue weighted by molar-refractivity contribution is 6.27. The smallest absolute Gasteiger partial charge is 0.414 e. The van der Waals surface area contributed by atoms with Crippen LogP contribution in [-0.2, 0) is 16.1 Å². The maximum absolute atomic E-state index is 12.5. The monoisotopic (exact) mass is 453 g/mol. The minimum atomic E-state index is -1.82. The largest absolute Gasteiger partial charge is 0.497 e. The fraction of sp³-hybridized carbons (Fsp3) is 0.333. The van der Waals surface area contributed by atoms with Gasteiger partial charge in [0.05, 0.1) is 31.0 Å². The van der Waals surface area contributed by atoms with Crippen molar-refractivity contribution in [3.63, 3.8) is 0 Å². The lowest BCUT2D eigenvalue weighted by atomic mass is 9.96. The average molecular weight is 453 g/mol. The molecule has 0 unspecified atom stereocenters. The number of rotatable bonds is 6. The Bertz CT molecular complexity index is 1090. The molecule has 2 N–H and O–H groups in total. The van der Waals surface area contributed by atoms with Gasteiger partial charge in [-0.3, -0.25) is 9.69 Å². The van der Waals surface area contributed by atoms with Crippen LogP contribution in [0.25, 0.3) is 11.0 Å². The molecule has 3 aromatic rings. The van der Waals surface area contributed by atoms with Gasteiger partial charge in [-0.05, 0) is 68.2 Å². The molecule has 9 nitrogen and oxygen atoms in total. The maximum atomic E-state index is 12.5. The molecule has 4 rings (SSSR count). The second-order valence-corrected chi connectivity index (χ2v) is 7.87. The van der Waals surface area contributed by atoms with Crippen molar-refractivity contribution in [2.75, 3.05) is 26.7 Å². The van der Waals surface area contributed by atoms with E-state index in [1.54, 1.807) is 7.11 Å². The zero-order valence-corrected chi connectivity index (χ0v) is 18.4. The van der Waals surface area contributed by atoms with Gasteiger partial charge in [0, 0.05) is 12.1 Å². The number of ketones is 1. The van der Waals surface area contributed by atoms with Crippen molar-refractivity contribution in [2.24, 2.45) is 5.92 Å². The van der Waals surface area contributed by atoms with E-state index in [4.69, 9.17) is 24.5 Å². The van der Waals surface area contributed by atoms with Crippen LogP contribution >= 0.6 is 0 Å². The highest BCUT2D eigenvalue weighted by Gasteiger charge is 2.22. The number of methoxy groups -OCH3 is 1. The molecule has 2 aromatic carbocycles. The minimum absolute atomic E-state index is 0.178. The molecule has 0 atom stereocenters. The maximum Gasteiger partial charge on any atom is 0.414 e. The molecule has 1 saturated heterocycles. The summed E-state index contributed by atoms with van der Waals surface area (Å²) >= 11 is 0. The van der Waals surface area contributed by atoms with Gasteiger partial charge >= 0.3 is 11.9 Å². The van der Waals surface area contributed by atoms with E-state index in [2.05, 4.69) is 32.7 Å². The van der Waals surface area contributed by atoms with Gasteiger partial charge in [0.1, 0.15) is 5.75 Å². The van der Waals surface area contributed by atoms with Gasteiger partial charge < -0.3 is 19.5 Å². The first kappa shape index (κ1) is 23.9. The number of carbonyl (C=O) groups excluding carboxylic acids is 1. The highest BCUT2D eigenvalue weighted by atomic mass is 16.5. The van der Waals surface area contributed by atoms with E-state index in [0.29, 0.717) is 12.5 Å². The second kappa shape index (κ2) is 11.2. The molecule has 1 aromatic heterocycles. The van der Waals surface area contributed by atoms with Crippen molar-refractivity contribution in [3.8, 4) is 5.75 Å². The first-order chi connectivity index (χ1) is 15.9. The Morgan fingerprint density at radius 3 is 2.24 bits per heavy atom. The molecule has 0 spiro atoms. The molecule has 0 saturated carbocycles. The number of para-hydroxylation sites is 2. The summed E-state index contributed by atoms with van der Waals surface area (Å²) in [5.74, 6) is -2.06. The van der Waals surface area contributed by atoms with E-state index in [1.807, 2.05) is 36.7 Å². The first-order valence-corrected chi connectivity index (χ1v) is 10.6. The Morgan fingerprint density at radius 2 is 1.64 bits per heavy atom. The Hall–Kier alpha value is -3.72. The number of piperidine rings is 1. The lowest BCUT2D eigenvalue weighted by Gasteiger charge is -2.31. The number of carboxylic acids is 2. The van der Waals surface area contributed by atoms with Crippen LogP contribution in [0.15, 0.2) is 54.9 Å². The van der Waals surface area contributed by atoms with Gasteiger partial charge in [-0.2, -0.15) is 0 Å². The third-order valence-corrected chi connectivity index (χ3v) is 5.65. The van der Waals surface area contributed by atoms with Crippen LogP contribution in [0.2, 0.25) is 0 Å². The Morgan fingerprint density at radius 1 is 1.00 bits per heavy atom. The average Bonchev–Trinajstić information content (AvgIpc) is 3.23. The zero-order valence-electron chi connectivity index (χ0n) is 18.4. The van der Waals surface area contributed by atoms with E-state index < -0.39 is 11.9 Å². The summed E-state index contributed by atoms with van der Waals surface area (Å²) in [5, 5.41) is 14.8. The number of Topliss-reactive ketones (excluding diaryl/α,β-unsaturated/α-hetero) is 1. The number of ether oxygens (including phenoxy) is 1. The van der Waals surface area contributed by atoms with Crippen molar-refractivity contribution >= 4 is 28.8 Å². The van der Waals surface area contributed by atoms with Gasteiger partial charge in [0.25, 0.3) is 0 Å². The van der Waals surface area contributed by atoms with E-state index >= 15 is 0 Å². The van der Waals surface area contributed by atoms with Crippen LogP contribution in [0.1, 0.15) is 23.2 Å². The lowest BCUT2D eigenvalue weighted by molar-refractivity contribution is -0.159. The number of likely N-dealkylation sites (tertiary alicyclic amines) is 1. The lowest BCUT2D eigenvalue weighted by Crippen LogP contribution is -2.38. The number of carboxylic acid groups (broad SMARTS) is 2. The number of carbonyl (C=O) groups is 3. The molecule has 1 aliphatic rings. The summed E-state index contributed by atoms with van der Waals surface area (Å²) in [6, 6.07) is 15.6. The predicted molar refractivity (Wildman–Crippen MR) is 121 cm³/mol. The fourth-order valence-electron chi connectivity index (χ4n) is 3.83. The molecule has 33 heavy (non-hydrogen) atoms. The molecule has 0 amide bonds. The van der Waals surface area contributed by atoms with Crippen molar-refractivity contribution in [3.05, 3.63) is 60.4 Å². The Kier molecular flexibility index (Phi) is 8.15. The normalized spacial score (nSPS) is 14.3. The number of nitrogens with zero attached hydrogens (tertiary/aromatic N) is 3. The summed E-state index contributed by atoms with van der Waals surface area (Å²) in [5.41, 5.74) is 3.01. The van der Waals surface area contributed by atoms with Crippen LogP contribution in [-0.4, -0.2) is 69.1 Å². The van der Waals surface area contributed by atoms with Crippen molar-refractivity contribution < 1.29 is 29.3 Å². The standard InChI is InChI=1S/C22H25N3O2.C2H2O4/c1-27-19-8-6-18(7-9-19)22(26)15-24-12-10-17(11-13-24)14-25-16-23-20-4-2-3-5-21(20)25;3-1(4)2(5)6/h2-9,16-17H,10-15H2,1H3;(H,3,4)(H,5,6). The van der Waals surface area contributed by atoms with E-state index in [-0.39, 0.29) is 5.78 Å². The molecular weight excluding hydrogens is 426 g/mol. The Balaban J connectivity index is 0.000000454. The quantitative estimate of drug-likeness (QED) is 0.432. The van der Waals surface area contributed by atoms with Crippen molar-refractivity contribution in [1.29, 1.82) is 0 Å². The van der Waals surface area contributed by atoms with Gasteiger partial charge in [-0.15, -0.1) is 0 Å². The van der Waals surface area contributed by atoms with Gasteiger partial charge in [0.2, 0.25) is 0 Å². The van der Waals surface area contributed by atoms with Crippen LogP contribution in [0.5, 0.6) is 5.75 Å². The number of imidazole rings is 1. The van der Waals surface area contributed by atoms with Crippen molar-refractivity contribution in [2.45, 2.75) is 19.4 Å². The molecule has 1 fully saturated rings. The Labute approximate surface area is 191 Å². The number of aromatic nitrogens is 2. The molecule has 0 radical (unpaired) electrons.